The van der Waals surface area contributed by atoms with Crippen molar-refractivity contribution < 1.29 is 5.11 Å². The van der Waals surface area contributed by atoms with Gasteiger partial charge in [-0.15, -0.1) is 0 Å². The highest BCUT2D eigenvalue weighted by molar-refractivity contribution is 5.82. The summed E-state index contributed by atoms with van der Waals surface area (Å²) >= 11 is 0. The third kappa shape index (κ3) is 3.77. The van der Waals surface area contributed by atoms with Gasteiger partial charge in [0.25, 0.3) is 0 Å². The number of fused-ring (bicyclic) bond motifs is 1. The van der Waals surface area contributed by atoms with Crippen LogP contribution in [-0.4, -0.2) is 10.1 Å². The predicted molar refractivity (Wildman–Crippen MR) is 80.1 cm³/mol. The van der Waals surface area contributed by atoms with E-state index in [1.165, 1.54) is 25.7 Å². The number of pyridine rings is 1. The van der Waals surface area contributed by atoms with Crippen LogP contribution >= 0.6 is 0 Å². The second-order valence-corrected chi connectivity index (χ2v) is 5.14. The molecule has 2 heteroatoms. The number of aliphatic hydroxyl groups is 1. The van der Waals surface area contributed by atoms with Crippen molar-refractivity contribution in [1.29, 1.82) is 0 Å². The Balaban J connectivity index is 1.99. The molecule has 2 rings (SSSR count). The van der Waals surface area contributed by atoms with Gasteiger partial charge in [-0.2, -0.15) is 0 Å². The van der Waals surface area contributed by atoms with Crippen LogP contribution in [-0.2, 0) is 0 Å². The zero-order chi connectivity index (χ0) is 13.5. The van der Waals surface area contributed by atoms with E-state index in [2.05, 4.69) is 11.9 Å². The molecule has 1 N–H and O–H groups in total. The minimum absolute atomic E-state index is 0.366. The lowest BCUT2D eigenvalue weighted by Crippen LogP contribution is -1.99. The van der Waals surface area contributed by atoms with E-state index in [0.29, 0.717) is 0 Å². The van der Waals surface area contributed by atoms with Gasteiger partial charge in [-0.3, -0.25) is 4.98 Å². The van der Waals surface area contributed by atoms with E-state index in [1.807, 2.05) is 30.3 Å². The molecule has 2 nitrogen and oxygen atoms in total. The Morgan fingerprint density at radius 2 is 1.84 bits per heavy atom. The summed E-state index contributed by atoms with van der Waals surface area (Å²) in [5.41, 5.74) is 1.98. The van der Waals surface area contributed by atoms with Crippen molar-refractivity contribution in [3.8, 4) is 0 Å². The normalized spacial score (nSPS) is 12.7. The van der Waals surface area contributed by atoms with Gasteiger partial charge in [0.2, 0.25) is 0 Å². The first kappa shape index (κ1) is 14.0. The van der Waals surface area contributed by atoms with Gasteiger partial charge in [-0.1, -0.05) is 57.2 Å². The van der Waals surface area contributed by atoms with E-state index in [-0.39, 0.29) is 6.10 Å². The molecule has 2 aromatic rings. The van der Waals surface area contributed by atoms with E-state index < -0.39 is 0 Å². The number of nitrogens with zero attached hydrogens (tertiary/aromatic N) is 1. The smallest absolute Gasteiger partial charge is 0.0797 e. The fraction of sp³-hybridized carbons (Fsp3) is 0.471. The van der Waals surface area contributed by atoms with E-state index in [0.717, 1.165) is 29.3 Å². The highest BCUT2D eigenvalue weighted by Gasteiger charge is 2.10. The molecule has 0 aliphatic heterocycles. The Labute approximate surface area is 115 Å². The Kier molecular flexibility index (Phi) is 5.34. The van der Waals surface area contributed by atoms with Gasteiger partial charge in [-0.05, 0) is 24.1 Å². The number of rotatable bonds is 7. The summed E-state index contributed by atoms with van der Waals surface area (Å²) in [5.74, 6) is 0. The standard InChI is InChI=1S/C17H23NO/c1-2-3-4-5-6-11-17(19)15-12-13-18-16-10-8-7-9-14(15)16/h7-10,12-13,17,19H,2-6,11H2,1H3. The van der Waals surface area contributed by atoms with E-state index in [4.69, 9.17) is 0 Å². The summed E-state index contributed by atoms with van der Waals surface area (Å²) in [6, 6.07) is 9.96. The molecule has 102 valence electrons. The first-order valence-corrected chi connectivity index (χ1v) is 7.34. The molecule has 0 fully saturated rings. The molecule has 0 amide bonds. The molecule has 1 heterocycles. The molecule has 0 radical (unpaired) electrons. The van der Waals surface area contributed by atoms with Crippen molar-refractivity contribution >= 4 is 10.9 Å². The van der Waals surface area contributed by atoms with Crippen LogP contribution in [0.5, 0.6) is 0 Å². The summed E-state index contributed by atoms with van der Waals surface area (Å²) in [7, 11) is 0. The molecule has 1 atom stereocenters. The van der Waals surface area contributed by atoms with Crippen LogP contribution in [0.4, 0.5) is 0 Å². The average Bonchev–Trinajstić information content (AvgIpc) is 2.46. The number of unbranched alkanes of at least 4 members (excludes halogenated alkanes) is 4. The first-order valence-electron chi connectivity index (χ1n) is 7.34. The van der Waals surface area contributed by atoms with Crippen LogP contribution in [0.1, 0.15) is 57.1 Å². The monoisotopic (exact) mass is 257 g/mol. The Hall–Kier alpha value is -1.41. The van der Waals surface area contributed by atoms with Gasteiger partial charge < -0.3 is 5.11 Å². The molecule has 0 saturated heterocycles. The minimum Gasteiger partial charge on any atom is -0.388 e. The van der Waals surface area contributed by atoms with Gasteiger partial charge in [0, 0.05) is 11.6 Å². The van der Waals surface area contributed by atoms with Crippen LogP contribution < -0.4 is 0 Å². The fourth-order valence-corrected chi connectivity index (χ4v) is 2.51. The van der Waals surface area contributed by atoms with Gasteiger partial charge >= 0.3 is 0 Å². The van der Waals surface area contributed by atoms with Crippen molar-refractivity contribution in [1.82, 2.24) is 4.98 Å². The second-order valence-electron chi connectivity index (χ2n) is 5.14. The molecule has 0 saturated carbocycles. The molecule has 19 heavy (non-hydrogen) atoms. The van der Waals surface area contributed by atoms with Crippen molar-refractivity contribution in [2.75, 3.05) is 0 Å². The lowest BCUT2D eigenvalue weighted by molar-refractivity contribution is 0.165. The summed E-state index contributed by atoms with van der Waals surface area (Å²) in [4.78, 5) is 4.33. The summed E-state index contributed by atoms with van der Waals surface area (Å²) in [5, 5.41) is 11.4. The number of hydrogen-bond donors (Lipinski definition) is 1. The molecule has 0 spiro atoms. The molecule has 1 aromatic heterocycles. The molecular formula is C17H23NO. The maximum absolute atomic E-state index is 10.3. The summed E-state index contributed by atoms with van der Waals surface area (Å²) < 4.78 is 0. The lowest BCUT2D eigenvalue weighted by atomic mass is 9.99. The van der Waals surface area contributed by atoms with Crippen molar-refractivity contribution in [2.24, 2.45) is 0 Å². The van der Waals surface area contributed by atoms with Crippen molar-refractivity contribution in [3.05, 3.63) is 42.1 Å². The highest BCUT2D eigenvalue weighted by atomic mass is 16.3. The first-order chi connectivity index (χ1) is 9.33. The SMILES string of the molecule is CCCCCCCC(O)c1ccnc2ccccc12. The van der Waals surface area contributed by atoms with Crippen LogP contribution in [0.25, 0.3) is 10.9 Å². The van der Waals surface area contributed by atoms with Crippen molar-refractivity contribution in [3.63, 3.8) is 0 Å². The zero-order valence-electron chi connectivity index (χ0n) is 11.7. The molecule has 0 aliphatic carbocycles. The van der Waals surface area contributed by atoms with Gasteiger partial charge in [-0.25, -0.2) is 0 Å². The van der Waals surface area contributed by atoms with Crippen molar-refractivity contribution in [2.45, 2.75) is 51.6 Å². The van der Waals surface area contributed by atoms with Gasteiger partial charge in [0.15, 0.2) is 0 Å². The topological polar surface area (TPSA) is 33.1 Å². The zero-order valence-corrected chi connectivity index (χ0v) is 11.7. The second kappa shape index (κ2) is 7.25. The summed E-state index contributed by atoms with van der Waals surface area (Å²) in [6.45, 7) is 2.22. The largest absolute Gasteiger partial charge is 0.388 e. The van der Waals surface area contributed by atoms with E-state index >= 15 is 0 Å². The summed E-state index contributed by atoms with van der Waals surface area (Å²) in [6.07, 6.45) is 8.42. The Morgan fingerprint density at radius 1 is 1.05 bits per heavy atom. The highest BCUT2D eigenvalue weighted by Crippen LogP contribution is 2.26. The van der Waals surface area contributed by atoms with E-state index in [9.17, 15) is 5.11 Å². The molecule has 1 aromatic carbocycles. The molecule has 0 bridgehead atoms. The molecular weight excluding hydrogens is 234 g/mol. The number of aromatic nitrogens is 1. The third-order valence-corrected chi connectivity index (χ3v) is 3.62. The number of hydrogen-bond acceptors (Lipinski definition) is 2. The minimum atomic E-state index is -0.366. The van der Waals surface area contributed by atoms with Crippen LogP contribution in [0.3, 0.4) is 0 Å². The predicted octanol–water partition coefficient (Wildman–Crippen LogP) is 4.63. The quantitative estimate of drug-likeness (QED) is 0.734. The van der Waals surface area contributed by atoms with Crippen LogP contribution in [0, 0.1) is 0 Å². The maximum atomic E-state index is 10.3. The lowest BCUT2D eigenvalue weighted by Gasteiger charge is -2.13. The fourth-order valence-electron chi connectivity index (χ4n) is 2.51. The third-order valence-electron chi connectivity index (χ3n) is 3.62. The van der Waals surface area contributed by atoms with Crippen LogP contribution in [0.15, 0.2) is 36.5 Å². The van der Waals surface area contributed by atoms with Gasteiger partial charge in [0.05, 0.1) is 11.6 Å². The maximum Gasteiger partial charge on any atom is 0.0797 e. The Morgan fingerprint density at radius 3 is 2.68 bits per heavy atom. The number of benzene rings is 1. The van der Waals surface area contributed by atoms with Gasteiger partial charge in [0.1, 0.15) is 0 Å². The Bertz CT molecular complexity index is 504. The number of aliphatic hydroxyl groups excluding tert-OH is 1. The number of para-hydroxylation sites is 1. The molecule has 1 unspecified atom stereocenters. The van der Waals surface area contributed by atoms with Crippen LogP contribution in [0.2, 0.25) is 0 Å². The van der Waals surface area contributed by atoms with E-state index in [1.54, 1.807) is 6.20 Å². The average molecular weight is 257 g/mol. The molecule has 0 aliphatic rings.